The molecule has 0 spiro atoms. The van der Waals surface area contributed by atoms with Gasteiger partial charge in [-0.05, 0) is 80.1 Å². The molecule has 2 aromatic heterocycles. The first kappa shape index (κ1) is 26.2. The van der Waals surface area contributed by atoms with E-state index < -0.39 is 5.82 Å². The maximum absolute atomic E-state index is 13.5. The Bertz CT molecular complexity index is 1460. The van der Waals surface area contributed by atoms with Gasteiger partial charge in [-0.3, -0.25) is 4.79 Å². The number of hydrogen-bond donors (Lipinski definition) is 4. The van der Waals surface area contributed by atoms with Gasteiger partial charge in [0.2, 0.25) is 5.95 Å². The highest BCUT2D eigenvalue weighted by atomic mass is 19.1. The molecule has 1 aliphatic heterocycles. The van der Waals surface area contributed by atoms with Gasteiger partial charge in [-0.2, -0.15) is 9.97 Å². The number of carbonyl (C=O) groups excluding carboxylic acids is 1. The van der Waals surface area contributed by atoms with Crippen molar-refractivity contribution in [1.29, 1.82) is 0 Å². The number of carbonyl (C=O) groups is 1. The summed E-state index contributed by atoms with van der Waals surface area (Å²) < 4.78 is 18.9. The van der Waals surface area contributed by atoms with E-state index in [1.807, 2.05) is 12.1 Å². The van der Waals surface area contributed by atoms with Gasteiger partial charge < -0.3 is 30.4 Å². The number of fused-ring (bicyclic) bond motifs is 1. The third kappa shape index (κ3) is 5.64. The fraction of sp³-hybridized carbons (Fsp3) is 0.367. The first-order valence-corrected chi connectivity index (χ1v) is 13.8. The molecule has 0 amide bonds. The molecule has 0 atom stereocenters. The number of hydrogen-bond acceptors (Lipinski definition) is 8. The molecule has 0 unspecified atom stereocenters. The van der Waals surface area contributed by atoms with Gasteiger partial charge in [-0.1, -0.05) is 0 Å². The molecule has 10 heteroatoms. The fourth-order valence-corrected chi connectivity index (χ4v) is 5.52. The number of aliphatic hydroxyl groups is 1. The second-order valence-electron chi connectivity index (χ2n) is 10.5. The fourth-order valence-electron chi connectivity index (χ4n) is 5.52. The second-order valence-corrected chi connectivity index (χ2v) is 10.5. The molecule has 3 heterocycles. The number of nitrogens with one attached hydrogen (secondary N) is 3. The molecule has 1 saturated carbocycles. The quantitative estimate of drug-likeness (QED) is 0.232. The minimum atomic E-state index is -0.395. The number of halogens is 1. The van der Waals surface area contributed by atoms with Crippen molar-refractivity contribution in [2.24, 2.45) is 5.92 Å². The predicted molar refractivity (Wildman–Crippen MR) is 153 cm³/mol. The molecule has 2 aliphatic rings. The van der Waals surface area contributed by atoms with Crippen molar-refractivity contribution in [2.75, 3.05) is 48.4 Å². The summed E-state index contributed by atoms with van der Waals surface area (Å²) in [6.07, 6.45) is 5.29. The van der Waals surface area contributed by atoms with Gasteiger partial charge in [0.1, 0.15) is 17.3 Å². The number of ketones is 1. The number of ether oxygens (including phenoxy) is 1. The number of aromatic nitrogens is 3. The lowest BCUT2D eigenvalue weighted by atomic mass is 9.86. The summed E-state index contributed by atoms with van der Waals surface area (Å²) in [7, 11) is 0. The van der Waals surface area contributed by atoms with E-state index >= 15 is 0 Å². The van der Waals surface area contributed by atoms with Crippen LogP contribution in [0.4, 0.5) is 27.5 Å². The molecule has 9 nitrogen and oxygen atoms in total. The van der Waals surface area contributed by atoms with Crippen molar-refractivity contribution in [3.63, 3.8) is 0 Å². The Morgan fingerprint density at radius 2 is 1.75 bits per heavy atom. The van der Waals surface area contributed by atoms with E-state index in [-0.39, 0.29) is 18.4 Å². The molecule has 1 saturated heterocycles. The average Bonchev–Trinajstić information content (AvgIpc) is 3.43. The average molecular weight is 545 g/mol. The Morgan fingerprint density at radius 1 is 1.02 bits per heavy atom. The number of benzene rings is 2. The maximum atomic E-state index is 13.5. The second kappa shape index (κ2) is 11.6. The summed E-state index contributed by atoms with van der Waals surface area (Å²) >= 11 is 0. The van der Waals surface area contributed by atoms with E-state index in [0.29, 0.717) is 39.8 Å². The van der Waals surface area contributed by atoms with Gasteiger partial charge in [0.05, 0.1) is 24.2 Å². The predicted octanol–water partition coefficient (Wildman–Crippen LogP) is 4.87. The van der Waals surface area contributed by atoms with Crippen LogP contribution < -0.4 is 15.5 Å². The van der Waals surface area contributed by atoms with Gasteiger partial charge in [-0.15, -0.1) is 0 Å². The van der Waals surface area contributed by atoms with Gasteiger partial charge in [0, 0.05) is 48.9 Å². The molecule has 1 aliphatic carbocycles. The van der Waals surface area contributed by atoms with Gasteiger partial charge >= 0.3 is 0 Å². The van der Waals surface area contributed by atoms with E-state index in [1.54, 1.807) is 6.20 Å². The van der Waals surface area contributed by atoms with Crippen molar-refractivity contribution in [3.05, 3.63) is 71.7 Å². The molecule has 40 heavy (non-hydrogen) atoms. The standard InChI is InChI=1S/C30H33FN6O3/c31-21-5-3-20(4-6-21)27(39)25-17-32-28-26(25)29(33-22-7-1-19(18-38)2-8-22)36-30(35-28)34-23-9-11-24(12-10-23)37-13-15-40-16-14-37/h3-6,9-12,17,19,22,38H,1-2,7-8,13-16,18H2,(H3,32,33,34,35,36). The molecule has 0 radical (unpaired) electrons. The number of anilines is 4. The number of aliphatic hydroxyl groups excluding tert-OH is 1. The van der Waals surface area contributed by atoms with Crippen LogP contribution in [0.2, 0.25) is 0 Å². The SMILES string of the molecule is O=C(c1ccc(F)cc1)c1c[nH]c2nc(Nc3ccc(N4CCOCC4)cc3)nc(NC3CCC(CO)CC3)c12. The van der Waals surface area contributed by atoms with Crippen LogP contribution in [0.1, 0.15) is 41.6 Å². The van der Waals surface area contributed by atoms with Crippen LogP contribution in [0.25, 0.3) is 11.0 Å². The van der Waals surface area contributed by atoms with Crippen molar-refractivity contribution in [1.82, 2.24) is 15.0 Å². The Balaban J connectivity index is 1.30. The van der Waals surface area contributed by atoms with E-state index in [4.69, 9.17) is 9.72 Å². The largest absolute Gasteiger partial charge is 0.396 e. The Labute approximate surface area is 231 Å². The summed E-state index contributed by atoms with van der Waals surface area (Å²) in [5, 5.41) is 17.0. The third-order valence-electron chi connectivity index (χ3n) is 7.83. The third-order valence-corrected chi connectivity index (χ3v) is 7.83. The molecule has 0 bridgehead atoms. The number of H-pyrrole nitrogens is 1. The molecule has 2 fully saturated rings. The van der Waals surface area contributed by atoms with E-state index in [2.05, 4.69) is 37.6 Å². The zero-order valence-corrected chi connectivity index (χ0v) is 22.2. The molecular formula is C30H33FN6O3. The molecule has 4 aromatic rings. The van der Waals surface area contributed by atoms with Crippen LogP contribution in [0.3, 0.4) is 0 Å². The van der Waals surface area contributed by atoms with Crippen molar-refractivity contribution in [2.45, 2.75) is 31.7 Å². The van der Waals surface area contributed by atoms with Crippen LogP contribution in [0, 0.1) is 11.7 Å². The summed E-state index contributed by atoms with van der Waals surface area (Å²) in [6, 6.07) is 13.8. The lowest BCUT2D eigenvalue weighted by Gasteiger charge is -2.29. The monoisotopic (exact) mass is 544 g/mol. The van der Waals surface area contributed by atoms with Crippen LogP contribution >= 0.6 is 0 Å². The Kier molecular flexibility index (Phi) is 7.61. The highest BCUT2D eigenvalue weighted by Crippen LogP contribution is 2.32. The number of nitrogens with zero attached hydrogens (tertiary/aromatic N) is 3. The zero-order chi connectivity index (χ0) is 27.5. The molecule has 2 aromatic carbocycles. The minimum Gasteiger partial charge on any atom is -0.396 e. The maximum Gasteiger partial charge on any atom is 0.231 e. The number of aromatic amines is 1. The van der Waals surface area contributed by atoms with Gasteiger partial charge in [-0.25, -0.2) is 4.39 Å². The first-order chi connectivity index (χ1) is 19.6. The van der Waals surface area contributed by atoms with E-state index in [0.717, 1.165) is 63.4 Å². The Morgan fingerprint density at radius 3 is 2.45 bits per heavy atom. The van der Waals surface area contributed by atoms with E-state index in [9.17, 15) is 14.3 Å². The summed E-state index contributed by atoms with van der Waals surface area (Å²) in [5.74, 6) is 0.663. The summed E-state index contributed by atoms with van der Waals surface area (Å²) in [5.41, 5.74) is 3.33. The minimum absolute atomic E-state index is 0.158. The van der Waals surface area contributed by atoms with Gasteiger partial charge in [0.15, 0.2) is 5.78 Å². The highest BCUT2D eigenvalue weighted by Gasteiger charge is 2.25. The van der Waals surface area contributed by atoms with Crippen LogP contribution in [-0.2, 0) is 4.74 Å². The Hall–Kier alpha value is -4.02. The van der Waals surface area contributed by atoms with E-state index in [1.165, 1.54) is 24.3 Å². The molecule has 208 valence electrons. The topological polar surface area (TPSA) is 115 Å². The molecule has 4 N–H and O–H groups in total. The summed E-state index contributed by atoms with van der Waals surface area (Å²) in [6.45, 7) is 3.40. The summed E-state index contributed by atoms with van der Waals surface area (Å²) in [4.78, 5) is 28.4. The lowest BCUT2D eigenvalue weighted by Crippen LogP contribution is -2.36. The van der Waals surface area contributed by atoms with Crippen LogP contribution in [-0.4, -0.2) is 64.8 Å². The number of rotatable bonds is 8. The van der Waals surface area contributed by atoms with Crippen molar-refractivity contribution < 1.29 is 19.0 Å². The van der Waals surface area contributed by atoms with Gasteiger partial charge in [0.25, 0.3) is 0 Å². The zero-order valence-electron chi connectivity index (χ0n) is 22.2. The highest BCUT2D eigenvalue weighted by molar-refractivity contribution is 6.18. The van der Waals surface area contributed by atoms with Crippen molar-refractivity contribution >= 4 is 40.0 Å². The normalized spacial score (nSPS) is 19.5. The van der Waals surface area contributed by atoms with Crippen LogP contribution in [0.15, 0.2) is 54.7 Å². The molecular weight excluding hydrogens is 511 g/mol. The number of morpholine rings is 1. The van der Waals surface area contributed by atoms with Crippen LogP contribution in [0.5, 0.6) is 0 Å². The molecule has 6 rings (SSSR count). The lowest BCUT2D eigenvalue weighted by molar-refractivity contribution is 0.104. The van der Waals surface area contributed by atoms with Crippen molar-refractivity contribution in [3.8, 4) is 0 Å². The smallest absolute Gasteiger partial charge is 0.231 e. The first-order valence-electron chi connectivity index (χ1n) is 13.8.